The van der Waals surface area contributed by atoms with E-state index in [-0.39, 0.29) is 6.61 Å². The van der Waals surface area contributed by atoms with E-state index >= 15 is 0 Å². The third-order valence-electron chi connectivity index (χ3n) is 5.07. The van der Waals surface area contributed by atoms with Gasteiger partial charge in [-0.2, -0.15) is 0 Å². The minimum atomic E-state index is -0.490. The monoisotopic (exact) mass is 332 g/mol. The van der Waals surface area contributed by atoms with Gasteiger partial charge in [-0.05, 0) is 30.7 Å². The van der Waals surface area contributed by atoms with Crippen molar-refractivity contribution >= 4 is 0 Å². The molecular weight excluding hydrogens is 312 g/mol. The van der Waals surface area contributed by atoms with Crippen LogP contribution in [0, 0.1) is 0 Å². The van der Waals surface area contributed by atoms with E-state index in [1.54, 1.807) is 7.11 Å². The molecule has 0 bridgehead atoms. The first-order chi connectivity index (χ1) is 12.2. The molecule has 0 fully saturated rings. The van der Waals surface area contributed by atoms with Crippen molar-refractivity contribution in [1.29, 1.82) is 0 Å². The normalized spacial score (nSPS) is 14.2. The maximum Gasteiger partial charge on any atom is 0.131 e. The van der Waals surface area contributed by atoms with E-state index in [4.69, 9.17) is 9.47 Å². The van der Waals surface area contributed by atoms with E-state index in [2.05, 4.69) is 19.1 Å². The predicted octanol–water partition coefficient (Wildman–Crippen LogP) is 4.65. The van der Waals surface area contributed by atoms with Gasteiger partial charge in [0, 0.05) is 16.7 Å². The van der Waals surface area contributed by atoms with Gasteiger partial charge in [-0.1, -0.05) is 48.5 Å². The zero-order valence-electron chi connectivity index (χ0n) is 14.3. The number of hydrogen-bond acceptors (Lipinski definition) is 3. The predicted molar refractivity (Wildman–Crippen MR) is 97.4 cm³/mol. The average molecular weight is 332 g/mol. The molecule has 0 aromatic heterocycles. The Balaban J connectivity index is 2.11. The van der Waals surface area contributed by atoms with Gasteiger partial charge in [0.25, 0.3) is 0 Å². The van der Waals surface area contributed by atoms with Crippen LogP contribution in [0.25, 0.3) is 0 Å². The number of aliphatic hydroxyl groups is 1. The largest absolute Gasteiger partial charge is 0.496 e. The van der Waals surface area contributed by atoms with Crippen LogP contribution in [0.5, 0.6) is 17.2 Å². The third-order valence-corrected chi connectivity index (χ3v) is 5.07. The minimum absolute atomic E-state index is 0.0483. The molecule has 3 aromatic rings. The fourth-order valence-electron chi connectivity index (χ4n) is 3.92. The summed E-state index contributed by atoms with van der Waals surface area (Å²) in [7, 11) is 1.67. The van der Waals surface area contributed by atoms with E-state index < -0.39 is 5.41 Å². The smallest absolute Gasteiger partial charge is 0.131 e. The standard InChI is InChI=1S/C22H20O3/c1-22(21-15(14-23)8-7-13-20(21)24-2)16-9-3-5-11-18(16)25-19-12-6-4-10-17(19)22/h3-13,23H,14H2,1-2H3. The van der Waals surface area contributed by atoms with Gasteiger partial charge in [-0.3, -0.25) is 0 Å². The molecule has 4 rings (SSSR count). The van der Waals surface area contributed by atoms with Crippen LogP contribution in [0.4, 0.5) is 0 Å². The molecule has 3 heteroatoms. The second kappa shape index (κ2) is 5.94. The molecule has 0 spiro atoms. The molecule has 1 heterocycles. The first-order valence-electron chi connectivity index (χ1n) is 8.34. The molecule has 1 N–H and O–H groups in total. The van der Waals surface area contributed by atoms with Crippen LogP contribution in [-0.4, -0.2) is 12.2 Å². The van der Waals surface area contributed by atoms with Crippen LogP contribution in [-0.2, 0) is 12.0 Å². The summed E-state index contributed by atoms with van der Waals surface area (Å²) in [5.41, 5.74) is 3.47. The van der Waals surface area contributed by atoms with Gasteiger partial charge in [-0.15, -0.1) is 0 Å². The van der Waals surface area contributed by atoms with Crippen molar-refractivity contribution in [2.75, 3.05) is 7.11 Å². The van der Waals surface area contributed by atoms with Gasteiger partial charge in [0.2, 0.25) is 0 Å². The zero-order valence-corrected chi connectivity index (χ0v) is 14.3. The Labute approximate surface area is 147 Å². The number of ether oxygens (including phenoxy) is 2. The summed E-state index contributed by atoms with van der Waals surface area (Å²) in [6.45, 7) is 2.12. The molecule has 0 atom stereocenters. The molecule has 0 aliphatic carbocycles. The molecule has 3 aromatic carbocycles. The molecule has 1 aliphatic rings. The highest BCUT2D eigenvalue weighted by molar-refractivity contribution is 5.66. The van der Waals surface area contributed by atoms with Gasteiger partial charge >= 0.3 is 0 Å². The van der Waals surface area contributed by atoms with Crippen molar-refractivity contribution in [1.82, 2.24) is 0 Å². The SMILES string of the molecule is COc1cccc(CO)c1C1(C)c2ccccc2Oc2ccccc21. The number of rotatable bonds is 3. The highest BCUT2D eigenvalue weighted by Gasteiger charge is 2.42. The number of aliphatic hydroxyl groups excluding tert-OH is 1. The highest BCUT2D eigenvalue weighted by atomic mass is 16.5. The minimum Gasteiger partial charge on any atom is -0.496 e. The van der Waals surface area contributed by atoms with E-state index in [1.165, 1.54) is 0 Å². The summed E-state index contributed by atoms with van der Waals surface area (Å²) in [6, 6.07) is 21.9. The van der Waals surface area contributed by atoms with Gasteiger partial charge in [0.05, 0.1) is 19.1 Å². The lowest BCUT2D eigenvalue weighted by Crippen LogP contribution is -2.31. The Morgan fingerprint density at radius 3 is 2.04 bits per heavy atom. The van der Waals surface area contributed by atoms with Gasteiger partial charge in [0.15, 0.2) is 0 Å². The molecule has 3 nitrogen and oxygen atoms in total. The van der Waals surface area contributed by atoms with Crippen LogP contribution < -0.4 is 9.47 Å². The lowest BCUT2D eigenvalue weighted by Gasteiger charge is -2.39. The highest BCUT2D eigenvalue weighted by Crippen LogP contribution is 2.54. The number of benzene rings is 3. The summed E-state index contributed by atoms with van der Waals surface area (Å²) in [5, 5.41) is 9.99. The Hall–Kier alpha value is -2.78. The average Bonchev–Trinajstić information content (AvgIpc) is 2.67. The second-order valence-electron chi connectivity index (χ2n) is 6.37. The summed E-state index contributed by atoms with van der Waals surface area (Å²) in [5.74, 6) is 2.43. The summed E-state index contributed by atoms with van der Waals surface area (Å²) < 4.78 is 11.8. The van der Waals surface area contributed by atoms with Crippen molar-refractivity contribution in [3.63, 3.8) is 0 Å². The summed E-state index contributed by atoms with van der Waals surface area (Å²) in [4.78, 5) is 0. The molecule has 0 radical (unpaired) electrons. The summed E-state index contributed by atoms with van der Waals surface area (Å²) >= 11 is 0. The van der Waals surface area contributed by atoms with Gasteiger partial charge in [0.1, 0.15) is 17.2 Å². The molecule has 0 unspecified atom stereocenters. The molecule has 25 heavy (non-hydrogen) atoms. The number of fused-ring (bicyclic) bond motifs is 2. The Morgan fingerprint density at radius 2 is 1.48 bits per heavy atom. The fourth-order valence-corrected chi connectivity index (χ4v) is 3.92. The topological polar surface area (TPSA) is 38.7 Å². The zero-order chi connectivity index (χ0) is 17.4. The van der Waals surface area contributed by atoms with E-state index in [0.29, 0.717) is 0 Å². The van der Waals surface area contributed by atoms with E-state index in [9.17, 15) is 5.11 Å². The van der Waals surface area contributed by atoms with Crippen LogP contribution in [0.3, 0.4) is 0 Å². The summed E-state index contributed by atoms with van der Waals surface area (Å²) in [6.07, 6.45) is 0. The second-order valence-corrected chi connectivity index (χ2v) is 6.37. The van der Waals surface area contributed by atoms with Gasteiger partial charge in [-0.25, -0.2) is 0 Å². The number of hydrogen-bond donors (Lipinski definition) is 1. The maximum absolute atomic E-state index is 9.99. The van der Waals surface area contributed by atoms with Crippen molar-refractivity contribution in [2.45, 2.75) is 18.9 Å². The molecule has 0 saturated heterocycles. The molecular formula is C22H20O3. The Morgan fingerprint density at radius 1 is 0.880 bits per heavy atom. The van der Waals surface area contributed by atoms with Crippen LogP contribution in [0.2, 0.25) is 0 Å². The molecule has 1 aliphatic heterocycles. The maximum atomic E-state index is 9.99. The third kappa shape index (κ3) is 2.24. The van der Waals surface area contributed by atoms with Crippen molar-refractivity contribution in [2.24, 2.45) is 0 Å². The van der Waals surface area contributed by atoms with Gasteiger partial charge < -0.3 is 14.6 Å². The van der Waals surface area contributed by atoms with Crippen LogP contribution in [0.15, 0.2) is 66.7 Å². The molecule has 0 amide bonds. The number of methoxy groups -OCH3 is 1. The Bertz CT molecular complexity index is 862. The quantitative estimate of drug-likeness (QED) is 0.759. The fraction of sp³-hybridized carbons (Fsp3) is 0.182. The Kier molecular flexibility index (Phi) is 3.74. The van der Waals surface area contributed by atoms with E-state index in [0.717, 1.165) is 39.5 Å². The van der Waals surface area contributed by atoms with Crippen molar-refractivity contribution < 1.29 is 14.6 Å². The first kappa shape index (κ1) is 15.7. The number of para-hydroxylation sites is 2. The lowest BCUT2D eigenvalue weighted by atomic mass is 9.67. The first-order valence-corrected chi connectivity index (χ1v) is 8.34. The van der Waals surface area contributed by atoms with Crippen molar-refractivity contribution in [3.05, 3.63) is 89.0 Å². The molecule has 126 valence electrons. The van der Waals surface area contributed by atoms with E-state index in [1.807, 2.05) is 54.6 Å². The molecule has 0 saturated carbocycles. The van der Waals surface area contributed by atoms with Crippen LogP contribution >= 0.6 is 0 Å². The lowest BCUT2D eigenvalue weighted by molar-refractivity contribution is 0.277. The van der Waals surface area contributed by atoms with Crippen LogP contribution in [0.1, 0.15) is 29.2 Å². The van der Waals surface area contributed by atoms with Crippen molar-refractivity contribution in [3.8, 4) is 17.2 Å².